The Labute approximate surface area is 148 Å². The van der Waals surface area contributed by atoms with Crippen LogP contribution in [-0.2, 0) is 4.79 Å². The number of nitro benzene ring substituents is 1. The summed E-state index contributed by atoms with van der Waals surface area (Å²) in [6, 6.07) is 13.2. The molecule has 2 rings (SSSR count). The van der Waals surface area contributed by atoms with Gasteiger partial charge in [-0.05, 0) is 30.3 Å². The number of rotatable bonds is 8. The maximum Gasteiger partial charge on any atom is 0.273 e. The standard InChI is InChI=1S/C16H15ClN2O4S/c17-12-4-6-15(7-5-12)24-9-8-18-16(20)11-23-14-3-1-2-13(10-14)19(21)22/h1-7,10H,8-9,11H2,(H,18,20). The van der Waals surface area contributed by atoms with Crippen molar-refractivity contribution in [1.82, 2.24) is 5.32 Å². The zero-order chi connectivity index (χ0) is 17.4. The summed E-state index contributed by atoms with van der Waals surface area (Å²) in [6.45, 7) is 0.303. The Morgan fingerprint density at radius 3 is 2.71 bits per heavy atom. The number of ether oxygens (including phenoxy) is 1. The minimum Gasteiger partial charge on any atom is -0.484 e. The molecule has 0 fully saturated rings. The summed E-state index contributed by atoms with van der Waals surface area (Å²) in [4.78, 5) is 22.9. The van der Waals surface area contributed by atoms with Gasteiger partial charge in [0.15, 0.2) is 6.61 Å². The van der Waals surface area contributed by atoms with Crippen LogP contribution in [0.25, 0.3) is 0 Å². The van der Waals surface area contributed by atoms with Crippen LogP contribution in [0, 0.1) is 10.1 Å². The van der Waals surface area contributed by atoms with Crippen LogP contribution in [0.4, 0.5) is 5.69 Å². The second kappa shape index (κ2) is 9.14. The molecule has 0 bridgehead atoms. The average Bonchev–Trinajstić information content (AvgIpc) is 2.58. The summed E-state index contributed by atoms with van der Waals surface area (Å²) < 4.78 is 5.25. The van der Waals surface area contributed by atoms with E-state index < -0.39 is 4.92 Å². The minimum absolute atomic E-state index is 0.0766. The summed E-state index contributed by atoms with van der Waals surface area (Å²) in [5, 5.41) is 14.1. The number of nitrogens with zero attached hydrogens (tertiary/aromatic N) is 1. The number of nitrogens with one attached hydrogen (secondary N) is 1. The van der Waals surface area contributed by atoms with Crippen LogP contribution in [0.1, 0.15) is 0 Å². The van der Waals surface area contributed by atoms with Crippen LogP contribution in [0.15, 0.2) is 53.4 Å². The summed E-state index contributed by atoms with van der Waals surface area (Å²) >= 11 is 7.41. The van der Waals surface area contributed by atoms with E-state index in [4.69, 9.17) is 16.3 Å². The molecule has 0 aromatic heterocycles. The maximum atomic E-state index is 11.7. The Kier molecular flexibility index (Phi) is 6.89. The van der Waals surface area contributed by atoms with Crippen molar-refractivity contribution in [1.29, 1.82) is 0 Å². The number of halogens is 1. The normalized spacial score (nSPS) is 10.2. The van der Waals surface area contributed by atoms with Gasteiger partial charge in [0.2, 0.25) is 0 Å². The summed E-state index contributed by atoms with van der Waals surface area (Å²) in [7, 11) is 0. The lowest BCUT2D eigenvalue weighted by Gasteiger charge is -2.07. The molecule has 0 aliphatic heterocycles. The molecule has 0 aliphatic carbocycles. The van der Waals surface area contributed by atoms with E-state index in [9.17, 15) is 14.9 Å². The fraction of sp³-hybridized carbons (Fsp3) is 0.188. The largest absolute Gasteiger partial charge is 0.484 e. The molecule has 0 heterocycles. The highest BCUT2D eigenvalue weighted by Crippen LogP contribution is 2.20. The number of non-ortho nitro benzene ring substituents is 1. The van der Waals surface area contributed by atoms with Gasteiger partial charge >= 0.3 is 0 Å². The van der Waals surface area contributed by atoms with Crippen molar-refractivity contribution in [2.24, 2.45) is 0 Å². The summed E-state index contributed by atoms with van der Waals surface area (Å²) in [6.07, 6.45) is 0. The quantitative estimate of drug-likeness (QED) is 0.334. The number of carbonyl (C=O) groups excluding carboxylic acids is 1. The minimum atomic E-state index is -0.513. The first-order valence-corrected chi connectivity index (χ1v) is 8.43. The molecule has 2 aromatic carbocycles. The molecule has 0 spiro atoms. The monoisotopic (exact) mass is 366 g/mol. The number of carbonyl (C=O) groups is 1. The molecule has 6 nitrogen and oxygen atoms in total. The lowest BCUT2D eigenvalue weighted by atomic mass is 10.3. The molecule has 1 amide bonds. The van der Waals surface area contributed by atoms with Gasteiger partial charge in [-0.2, -0.15) is 0 Å². The van der Waals surface area contributed by atoms with Crippen molar-refractivity contribution in [2.75, 3.05) is 18.9 Å². The van der Waals surface area contributed by atoms with Gasteiger partial charge in [0, 0.05) is 28.3 Å². The second-order valence-corrected chi connectivity index (χ2v) is 6.30. The fourth-order valence-corrected chi connectivity index (χ4v) is 2.67. The summed E-state index contributed by atoms with van der Waals surface area (Å²) in [5.74, 6) is 0.720. The van der Waals surface area contributed by atoms with Crippen molar-refractivity contribution in [3.63, 3.8) is 0 Å². The van der Waals surface area contributed by atoms with Crippen molar-refractivity contribution in [3.8, 4) is 5.75 Å². The molecule has 0 radical (unpaired) electrons. The van der Waals surface area contributed by atoms with Crippen molar-refractivity contribution < 1.29 is 14.5 Å². The van der Waals surface area contributed by atoms with Crippen molar-refractivity contribution >= 4 is 35.0 Å². The highest BCUT2D eigenvalue weighted by Gasteiger charge is 2.08. The van der Waals surface area contributed by atoms with Crippen LogP contribution >= 0.6 is 23.4 Å². The van der Waals surface area contributed by atoms with E-state index in [2.05, 4.69) is 5.32 Å². The molecule has 0 saturated carbocycles. The first-order valence-electron chi connectivity index (χ1n) is 7.07. The number of hydrogen-bond acceptors (Lipinski definition) is 5. The van der Waals surface area contributed by atoms with Crippen LogP contribution in [0.2, 0.25) is 5.02 Å². The summed E-state index contributed by atoms with van der Waals surface area (Å²) in [5.41, 5.74) is -0.0766. The van der Waals surface area contributed by atoms with E-state index in [1.54, 1.807) is 17.8 Å². The average molecular weight is 367 g/mol. The van der Waals surface area contributed by atoms with E-state index in [1.165, 1.54) is 18.2 Å². The van der Waals surface area contributed by atoms with Crippen molar-refractivity contribution in [2.45, 2.75) is 4.90 Å². The van der Waals surface area contributed by atoms with Crippen LogP contribution < -0.4 is 10.1 Å². The Morgan fingerprint density at radius 1 is 1.25 bits per heavy atom. The lowest BCUT2D eigenvalue weighted by Crippen LogP contribution is -2.30. The fourth-order valence-electron chi connectivity index (χ4n) is 1.78. The molecule has 126 valence electrons. The third-order valence-electron chi connectivity index (χ3n) is 2.90. The van der Waals surface area contributed by atoms with Crippen LogP contribution in [0.5, 0.6) is 5.75 Å². The Hall–Kier alpha value is -2.25. The molecule has 0 unspecified atom stereocenters. The smallest absolute Gasteiger partial charge is 0.273 e. The number of amides is 1. The topological polar surface area (TPSA) is 81.5 Å². The number of hydrogen-bond donors (Lipinski definition) is 1. The lowest BCUT2D eigenvalue weighted by molar-refractivity contribution is -0.384. The van der Waals surface area contributed by atoms with Gasteiger partial charge in [-0.25, -0.2) is 0 Å². The molecule has 8 heteroatoms. The molecule has 0 aliphatic rings. The van der Waals surface area contributed by atoms with E-state index >= 15 is 0 Å². The van der Waals surface area contributed by atoms with Gasteiger partial charge in [-0.1, -0.05) is 17.7 Å². The first kappa shape index (κ1) is 18.1. The molecule has 0 saturated heterocycles. The third kappa shape index (κ3) is 6.10. The Morgan fingerprint density at radius 2 is 2.00 bits per heavy atom. The molecule has 24 heavy (non-hydrogen) atoms. The van der Waals surface area contributed by atoms with Gasteiger partial charge in [-0.3, -0.25) is 14.9 Å². The Bertz CT molecular complexity index is 709. The molecular weight excluding hydrogens is 352 g/mol. The van der Waals surface area contributed by atoms with E-state index in [0.717, 1.165) is 4.90 Å². The first-order chi connectivity index (χ1) is 11.5. The number of benzene rings is 2. The highest BCUT2D eigenvalue weighted by molar-refractivity contribution is 7.99. The highest BCUT2D eigenvalue weighted by atomic mass is 35.5. The zero-order valence-electron chi connectivity index (χ0n) is 12.6. The molecule has 1 N–H and O–H groups in total. The van der Waals surface area contributed by atoms with E-state index in [-0.39, 0.29) is 24.0 Å². The van der Waals surface area contributed by atoms with Crippen LogP contribution in [0.3, 0.4) is 0 Å². The predicted octanol–water partition coefficient (Wildman–Crippen LogP) is 3.54. The predicted molar refractivity (Wildman–Crippen MR) is 93.8 cm³/mol. The van der Waals surface area contributed by atoms with E-state index in [1.807, 2.05) is 24.3 Å². The zero-order valence-corrected chi connectivity index (χ0v) is 14.2. The molecule has 0 atom stereocenters. The van der Waals surface area contributed by atoms with Gasteiger partial charge in [-0.15, -0.1) is 11.8 Å². The second-order valence-electron chi connectivity index (χ2n) is 4.70. The number of nitro groups is 1. The Balaban J connectivity index is 1.67. The van der Waals surface area contributed by atoms with E-state index in [0.29, 0.717) is 17.3 Å². The SMILES string of the molecule is O=C(COc1cccc([N+](=O)[O-])c1)NCCSc1ccc(Cl)cc1. The third-order valence-corrected chi connectivity index (χ3v) is 4.17. The maximum absolute atomic E-state index is 11.7. The van der Waals surface area contributed by atoms with Crippen LogP contribution in [-0.4, -0.2) is 29.7 Å². The van der Waals surface area contributed by atoms with Gasteiger partial charge in [0.1, 0.15) is 5.75 Å². The molecule has 2 aromatic rings. The molecular formula is C16H15ClN2O4S. The van der Waals surface area contributed by atoms with Gasteiger partial charge in [0.25, 0.3) is 11.6 Å². The number of thioether (sulfide) groups is 1. The van der Waals surface area contributed by atoms with Crippen molar-refractivity contribution in [3.05, 3.63) is 63.7 Å². The van der Waals surface area contributed by atoms with Gasteiger partial charge < -0.3 is 10.1 Å². The van der Waals surface area contributed by atoms with Gasteiger partial charge in [0.05, 0.1) is 11.0 Å².